The van der Waals surface area contributed by atoms with Gasteiger partial charge in [0.2, 0.25) is 0 Å². The van der Waals surface area contributed by atoms with E-state index in [1.54, 1.807) is 0 Å². The van der Waals surface area contributed by atoms with Crippen LogP contribution in [-0.2, 0) is 0 Å². The molecule has 0 aromatic heterocycles. The van der Waals surface area contributed by atoms with Crippen molar-refractivity contribution < 1.29 is 4.74 Å². The SMILES string of the molecule is CC(C)CN(CCCOc1ccccc1Cl)CC(C)C. The first-order valence-electron chi connectivity index (χ1n) is 7.58. The van der Waals surface area contributed by atoms with E-state index in [1.807, 2.05) is 24.3 Å². The molecule has 0 amide bonds. The molecule has 0 fully saturated rings. The molecule has 0 heterocycles. The summed E-state index contributed by atoms with van der Waals surface area (Å²) in [5.74, 6) is 2.20. The lowest BCUT2D eigenvalue weighted by molar-refractivity contribution is 0.198. The molecule has 0 aliphatic heterocycles. The van der Waals surface area contributed by atoms with Crippen molar-refractivity contribution in [3.05, 3.63) is 29.3 Å². The van der Waals surface area contributed by atoms with Crippen molar-refractivity contribution in [3.8, 4) is 5.75 Å². The topological polar surface area (TPSA) is 12.5 Å². The highest BCUT2D eigenvalue weighted by Crippen LogP contribution is 2.23. The Kier molecular flexibility index (Phi) is 8.01. The number of benzene rings is 1. The van der Waals surface area contributed by atoms with Gasteiger partial charge in [-0.05, 0) is 30.4 Å². The van der Waals surface area contributed by atoms with Crippen molar-refractivity contribution in [2.24, 2.45) is 11.8 Å². The van der Waals surface area contributed by atoms with Crippen LogP contribution in [0.25, 0.3) is 0 Å². The van der Waals surface area contributed by atoms with Crippen molar-refractivity contribution >= 4 is 11.6 Å². The fourth-order valence-corrected chi connectivity index (χ4v) is 2.51. The van der Waals surface area contributed by atoms with Crippen LogP contribution >= 0.6 is 11.6 Å². The molecule has 2 nitrogen and oxygen atoms in total. The van der Waals surface area contributed by atoms with Gasteiger partial charge in [-0.15, -0.1) is 0 Å². The number of ether oxygens (including phenoxy) is 1. The second-order valence-corrected chi connectivity index (χ2v) is 6.59. The molecular weight excluding hydrogens is 270 g/mol. The number of nitrogens with zero attached hydrogens (tertiary/aromatic N) is 1. The van der Waals surface area contributed by atoms with Crippen LogP contribution in [0.1, 0.15) is 34.1 Å². The summed E-state index contributed by atoms with van der Waals surface area (Å²) in [5.41, 5.74) is 0. The van der Waals surface area contributed by atoms with Gasteiger partial charge in [0.15, 0.2) is 0 Å². The molecule has 0 aliphatic rings. The summed E-state index contributed by atoms with van der Waals surface area (Å²) in [6.45, 7) is 13.2. The molecule has 0 aliphatic carbocycles. The fourth-order valence-electron chi connectivity index (χ4n) is 2.32. The molecular formula is C17H28ClNO. The summed E-state index contributed by atoms with van der Waals surface area (Å²) in [6.07, 6.45) is 1.03. The zero-order valence-corrected chi connectivity index (χ0v) is 14.0. The predicted octanol–water partition coefficient (Wildman–Crippen LogP) is 4.72. The molecule has 0 unspecified atom stereocenters. The van der Waals surface area contributed by atoms with Crippen molar-refractivity contribution in [1.82, 2.24) is 4.90 Å². The van der Waals surface area contributed by atoms with Crippen molar-refractivity contribution in [3.63, 3.8) is 0 Å². The molecule has 1 aromatic rings. The van der Waals surface area contributed by atoms with Gasteiger partial charge < -0.3 is 9.64 Å². The van der Waals surface area contributed by atoms with Gasteiger partial charge in [-0.1, -0.05) is 51.4 Å². The third-order valence-corrected chi connectivity index (χ3v) is 3.27. The highest BCUT2D eigenvalue weighted by molar-refractivity contribution is 6.32. The third-order valence-electron chi connectivity index (χ3n) is 2.96. The van der Waals surface area contributed by atoms with Gasteiger partial charge in [0, 0.05) is 19.6 Å². The monoisotopic (exact) mass is 297 g/mol. The maximum atomic E-state index is 6.07. The lowest BCUT2D eigenvalue weighted by Crippen LogP contribution is -2.33. The van der Waals surface area contributed by atoms with E-state index >= 15 is 0 Å². The predicted molar refractivity (Wildman–Crippen MR) is 87.7 cm³/mol. The Morgan fingerprint density at radius 2 is 1.65 bits per heavy atom. The van der Waals surface area contributed by atoms with Crippen LogP contribution in [0.15, 0.2) is 24.3 Å². The second kappa shape index (κ2) is 9.25. The zero-order chi connectivity index (χ0) is 15.0. The molecule has 0 spiro atoms. The van der Waals surface area contributed by atoms with Crippen molar-refractivity contribution in [1.29, 1.82) is 0 Å². The van der Waals surface area contributed by atoms with Gasteiger partial charge in [0.1, 0.15) is 5.75 Å². The number of para-hydroxylation sites is 1. The minimum Gasteiger partial charge on any atom is -0.492 e. The van der Waals surface area contributed by atoms with Crippen LogP contribution in [0.3, 0.4) is 0 Å². The Hall–Kier alpha value is -0.730. The summed E-state index contributed by atoms with van der Waals surface area (Å²) < 4.78 is 5.74. The molecule has 1 aromatic carbocycles. The molecule has 0 bridgehead atoms. The van der Waals surface area contributed by atoms with Crippen LogP contribution in [0.2, 0.25) is 5.02 Å². The van der Waals surface area contributed by atoms with E-state index in [0.29, 0.717) is 16.9 Å². The number of hydrogen-bond acceptors (Lipinski definition) is 2. The van der Waals surface area contributed by atoms with E-state index in [-0.39, 0.29) is 0 Å². The normalized spacial score (nSPS) is 11.6. The lowest BCUT2D eigenvalue weighted by Gasteiger charge is -2.26. The van der Waals surface area contributed by atoms with Gasteiger partial charge in [-0.2, -0.15) is 0 Å². The first-order chi connectivity index (χ1) is 9.49. The maximum Gasteiger partial charge on any atom is 0.137 e. The van der Waals surface area contributed by atoms with E-state index in [4.69, 9.17) is 16.3 Å². The molecule has 0 atom stereocenters. The standard InChI is InChI=1S/C17H28ClNO/c1-14(2)12-19(13-15(3)4)10-7-11-20-17-9-6-5-8-16(17)18/h5-6,8-9,14-15H,7,10-13H2,1-4H3. The molecule has 0 saturated heterocycles. The Labute approximate surface area is 129 Å². The van der Waals surface area contributed by atoms with Gasteiger partial charge >= 0.3 is 0 Å². The van der Waals surface area contributed by atoms with E-state index in [2.05, 4.69) is 32.6 Å². The van der Waals surface area contributed by atoms with Crippen molar-refractivity contribution in [2.75, 3.05) is 26.2 Å². The second-order valence-electron chi connectivity index (χ2n) is 6.18. The number of rotatable bonds is 9. The van der Waals surface area contributed by atoms with Gasteiger partial charge in [-0.25, -0.2) is 0 Å². The number of hydrogen-bond donors (Lipinski definition) is 0. The fraction of sp³-hybridized carbons (Fsp3) is 0.647. The summed E-state index contributed by atoms with van der Waals surface area (Å²) in [5, 5.41) is 0.689. The Bertz CT molecular complexity index is 369. The summed E-state index contributed by atoms with van der Waals surface area (Å²) in [7, 11) is 0. The van der Waals surface area contributed by atoms with Crippen LogP contribution in [0, 0.1) is 11.8 Å². The lowest BCUT2D eigenvalue weighted by atomic mass is 10.1. The Balaban J connectivity index is 2.31. The minimum atomic E-state index is 0.689. The summed E-state index contributed by atoms with van der Waals surface area (Å²) in [4.78, 5) is 2.53. The molecule has 0 saturated carbocycles. The Morgan fingerprint density at radius 3 is 2.20 bits per heavy atom. The average Bonchev–Trinajstić information content (AvgIpc) is 2.35. The van der Waals surface area contributed by atoms with Gasteiger partial charge in [-0.3, -0.25) is 0 Å². The first kappa shape index (κ1) is 17.3. The van der Waals surface area contributed by atoms with Crippen LogP contribution in [-0.4, -0.2) is 31.1 Å². The van der Waals surface area contributed by atoms with E-state index < -0.39 is 0 Å². The first-order valence-corrected chi connectivity index (χ1v) is 7.96. The molecule has 20 heavy (non-hydrogen) atoms. The number of halogens is 1. The zero-order valence-electron chi connectivity index (χ0n) is 13.2. The van der Waals surface area contributed by atoms with Crippen LogP contribution in [0.4, 0.5) is 0 Å². The summed E-state index contributed by atoms with van der Waals surface area (Å²) in [6, 6.07) is 7.65. The molecule has 0 N–H and O–H groups in total. The molecule has 3 heteroatoms. The average molecular weight is 298 g/mol. The van der Waals surface area contributed by atoms with Crippen LogP contribution in [0.5, 0.6) is 5.75 Å². The minimum absolute atomic E-state index is 0.689. The highest BCUT2D eigenvalue weighted by Gasteiger charge is 2.09. The molecule has 1 rings (SSSR count). The smallest absolute Gasteiger partial charge is 0.137 e. The largest absolute Gasteiger partial charge is 0.492 e. The van der Waals surface area contributed by atoms with Crippen LogP contribution < -0.4 is 4.74 Å². The van der Waals surface area contributed by atoms with Gasteiger partial charge in [0.05, 0.1) is 11.6 Å². The molecule has 114 valence electrons. The molecule has 0 radical (unpaired) electrons. The van der Waals surface area contributed by atoms with Crippen molar-refractivity contribution in [2.45, 2.75) is 34.1 Å². The quantitative estimate of drug-likeness (QED) is 0.611. The maximum absolute atomic E-state index is 6.07. The highest BCUT2D eigenvalue weighted by atomic mass is 35.5. The van der Waals surface area contributed by atoms with Gasteiger partial charge in [0.25, 0.3) is 0 Å². The summed E-state index contributed by atoms with van der Waals surface area (Å²) >= 11 is 6.07. The van der Waals surface area contributed by atoms with E-state index in [1.165, 1.54) is 0 Å². The third kappa shape index (κ3) is 7.16. The van der Waals surface area contributed by atoms with E-state index in [9.17, 15) is 0 Å². The Morgan fingerprint density at radius 1 is 1.05 bits per heavy atom. The van der Waals surface area contributed by atoms with E-state index in [0.717, 1.165) is 38.4 Å².